The van der Waals surface area contributed by atoms with E-state index in [1.54, 1.807) is 0 Å². The van der Waals surface area contributed by atoms with Crippen LogP contribution in [0.25, 0.3) is 0 Å². The Kier molecular flexibility index (Phi) is 3.77. The lowest BCUT2D eigenvalue weighted by Crippen LogP contribution is -2.41. The van der Waals surface area contributed by atoms with Gasteiger partial charge in [-0.1, -0.05) is 32.4 Å². The molecule has 20 heavy (non-hydrogen) atoms. The zero-order valence-corrected chi connectivity index (χ0v) is 13.7. The molecule has 1 N–H and O–H groups in total. The Morgan fingerprint density at radius 1 is 1.25 bits per heavy atom. The normalized spacial score (nSPS) is 48.5. The Morgan fingerprint density at radius 2 is 1.95 bits per heavy atom. The van der Waals surface area contributed by atoms with E-state index in [4.69, 9.17) is 0 Å². The first-order valence-corrected chi connectivity index (χ1v) is 8.76. The van der Waals surface area contributed by atoms with Crippen LogP contribution >= 0.6 is 0 Å². The second-order valence-corrected chi connectivity index (χ2v) is 8.61. The number of aliphatic hydroxyl groups is 1. The van der Waals surface area contributed by atoms with E-state index in [2.05, 4.69) is 33.8 Å². The number of fused-ring (bicyclic) bond motifs is 3. The van der Waals surface area contributed by atoms with Crippen LogP contribution in [-0.2, 0) is 0 Å². The Labute approximate surface area is 124 Å². The van der Waals surface area contributed by atoms with Gasteiger partial charge in [-0.05, 0) is 80.5 Å². The minimum atomic E-state index is -0.0930. The minimum Gasteiger partial charge on any atom is -0.393 e. The monoisotopic (exact) mass is 276 g/mol. The lowest BCUT2D eigenvalue weighted by molar-refractivity contribution is 0.0134. The average molecular weight is 276 g/mol. The van der Waals surface area contributed by atoms with Crippen LogP contribution in [0.3, 0.4) is 0 Å². The Hall–Kier alpha value is -0.300. The van der Waals surface area contributed by atoms with Gasteiger partial charge in [0.25, 0.3) is 0 Å². The van der Waals surface area contributed by atoms with Gasteiger partial charge < -0.3 is 5.11 Å². The van der Waals surface area contributed by atoms with E-state index < -0.39 is 0 Å². The van der Waals surface area contributed by atoms with Gasteiger partial charge in [-0.15, -0.1) is 0 Å². The number of hydrogen-bond donors (Lipinski definition) is 1. The number of allylic oxidation sites excluding steroid dienone is 1. The Morgan fingerprint density at radius 3 is 2.65 bits per heavy atom. The highest BCUT2D eigenvalue weighted by atomic mass is 16.3. The van der Waals surface area contributed by atoms with Crippen LogP contribution in [-0.4, -0.2) is 11.2 Å². The van der Waals surface area contributed by atoms with E-state index in [0.717, 1.165) is 42.4 Å². The molecule has 3 aliphatic rings. The molecule has 0 aromatic heterocycles. The molecule has 0 saturated heterocycles. The first kappa shape index (κ1) is 14.6. The van der Waals surface area contributed by atoms with E-state index in [-0.39, 0.29) is 6.10 Å². The smallest absolute Gasteiger partial charge is 0.0580 e. The molecule has 0 radical (unpaired) electrons. The zero-order valence-electron chi connectivity index (χ0n) is 13.7. The topological polar surface area (TPSA) is 20.2 Å². The molecule has 0 aromatic carbocycles. The SMILES string of the molecule is CC1=C[C@H]2[C@@H](CC[C@@]3(C)CC[C@@H](C(C)C)[C@H]23)C[C@@H](O)C1. The van der Waals surface area contributed by atoms with Crippen molar-refractivity contribution in [1.29, 1.82) is 0 Å². The predicted octanol–water partition coefficient (Wildman–Crippen LogP) is 4.80. The fourth-order valence-corrected chi connectivity index (χ4v) is 5.87. The standard InChI is InChI=1S/C19H32O/c1-12(2)16-6-8-19(4)7-5-14-11-15(20)9-13(3)10-17(14)18(16)19/h10,12,14-18,20H,5-9,11H2,1-4H3/t14-,15-,16-,17-,18+,19-/m0/s1. The molecule has 6 atom stereocenters. The van der Waals surface area contributed by atoms with Crippen molar-refractivity contribution in [3.05, 3.63) is 11.6 Å². The third kappa shape index (κ3) is 2.36. The maximum absolute atomic E-state index is 10.2. The molecule has 0 amide bonds. The summed E-state index contributed by atoms with van der Waals surface area (Å²) in [5.74, 6) is 4.04. The van der Waals surface area contributed by atoms with Crippen LogP contribution in [0.2, 0.25) is 0 Å². The third-order valence-corrected chi connectivity index (χ3v) is 6.83. The second-order valence-electron chi connectivity index (χ2n) is 8.61. The molecule has 114 valence electrons. The summed E-state index contributed by atoms with van der Waals surface area (Å²) in [6, 6.07) is 0. The van der Waals surface area contributed by atoms with Gasteiger partial charge in [0.05, 0.1) is 6.10 Å². The van der Waals surface area contributed by atoms with Gasteiger partial charge >= 0.3 is 0 Å². The van der Waals surface area contributed by atoms with Crippen molar-refractivity contribution in [2.75, 3.05) is 0 Å². The molecule has 1 nitrogen and oxygen atoms in total. The van der Waals surface area contributed by atoms with Crippen molar-refractivity contribution in [2.45, 2.75) is 72.3 Å². The predicted molar refractivity (Wildman–Crippen MR) is 84.4 cm³/mol. The van der Waals surface area contributed by atoms with Crippen LogP contribution in [0.5, 0.6) is 0 Å². The molecule has 0 spiro atoms. The first-order valence-electron chi connectivity index (χ1n) is 8.76. The molecule has 2 fully saturated rings. The summed E-state index contributed by atoms with van der Waals surface area (Å²) in [6.07, 6.45) is 10.0. The van der Waals surface area contributed by atoms with Crippen LogP contribution in [0, 0.1) is 35.0 Å². The van der Waals surface area contributed by atoms with Crippen molar-refractivity contribution in [1.82, 2.24) is 0 Å². The molecule has 0 bridgehead atoms. The lowest BCUT2D eigenvalue weighted by Gasteiger charge is -2.48. The molecule has 0 aliphatic heterocycles. The van der Waals surface area contributed by atoms with E-state index in [1.165, 1.54) is 31.3 Å². The summed E-state index contributed by atoms with van der Waals surface area (Å²) in [4.78, 5) is 0. The zero-order chi connectivity index (χ0) is 14.5. The van der Waals surface area contributed by atoms with Gasteiger partial charge in [0, 0.05) is 0 Å². The van der Waals surface area contributed by atoms with Crippen LogP contribution < -0.4 is 0 Å². The maximum Gasteiger partial charge on any atom is 0.0580 e. The van der Waals surface area contributed by atoms with E-state index >= 15 is 0 Å². The fraction of sp³-hybridized carbons (Fsp3) is 0.895. The summed E-state index contributed by atoms with van der Waals surface area (Å²) in [5.41, 5.74) is 2.01. The summed E-state index contributed by atoms with van der Waals surface area (Å²) in [7, 11) is 0. The molecule has 2 saturated carbocycles. The quantitative estimate of drug-likeness (QED) is 0.682. The van der Waals surface area contributed by atoms with Gasteiger partial charge in [0.2, 0.25) is 0 Å². The van der Waals surface area contributed by atoms with E-state index in [1.807, 2.05) is 0 Å². The van der Waals surface area contributed by atoms with Crippen molar-refractivity contribution in [3.63, 3.8) is 0 Å². The third-order valence-electron chi connectivity index (χ3n) is 6.83. The number of rotatable bonds is 1. The number of hydrogen-bond acceptors (Lipinski definition) is 1. The molecule has 3 aliphatic carbocycles. The lowest BCUT2D eigenvalue weighted by atomic mass is 9.57. The molecular formula is C19H32O. The number of aliphatic hydroxyl groups excluding tert-OH is 1. The summed E-state index contributed by atoms with van der Waals surface area (Å²) in [5, 5.41) is 10.2. The highest BCUT2D eigenvalue weighted by molar-refractivity contribution is 5.14. The molecule has 1 heteroatoms. The maximum atomic E-state index is 10.2. The van der Waals surface area contributed by atoms with E-state index in [9.17, 15) is 5.11 Å². The van der Waals surface area contributed by atoms with E-state index in [0.29, 0.717) is 5.41 Å². The van der Waals surface area contributed by atoms with Gasteiger partial charge in [-0.2, -0.15) is 0 Å². The highest BCUT2D eigenvalue weighted by Crippen LogP contribution is 2.61. The fourth-order valence-electron chi connectivity index (χ4n) is 5.87. The largest absolute Gasteiger partial charge is 0.393 e. The average Bonchev–Trinajstić information content (AvgIpc) is 2.63. The van der Waals surface area contributed by atoms with Crippen LogP contribution in [0.1, 0.15) is 66.2 Å². The molecule has 0 unspecified atom stereocenters. The van der Waals surface area contributed by atoms with Crippen LogP contribution in [0.4, 0.5) is 0 Å². The summed E-state index contributed by atoms with van der Waals surface area (Å²) in [6.45, 7) is 9.63. The Bertz CT molecular complexity index is 397. The molecule has 0 aromatic rings. The van der Waals surface area contributed by atoms with Gasteiger partial charge in [-0.25, -0.2) is 0 Å². The van der Waals surface area contributed by atoms with Crippen molar-refractivity contribution in [2.24, 2.45) is 35.0 Å². The molecule has 3 rings (SSSR count). The highest BCUT2D eigenvalue weighted by Gasteiger charge is 2.53. The van der Waals surface area contributed by atoms with Crippen LogP contribution in [0.15, 0.2) is 11.6 Å². The molecular weight excluding hydrogens is 244 g/mol. The summed E-state index contributed by atoms with van der Waals surface area (Å²) >= 11 is 0. The summed E-state index contributed by atoms with van der Waals surface area (Å²) < 4.78 is 0. The minimum absolute atomic E-state index is 0.0930. The Balaban J connectivity index is 1.95. The van der Waals surface area contributed by atoms with Crippen molar-refractivity contribution >= 4 is 0 Å². The van der Waals surface area contributed by atoms with Crippen molar-refractivity contribution in [3.8, 4) is 0 Å². The van der Waals surface area contributed by atoms with Gasteiger partial charge in [0.15, 0.2) is 0 Å². The molecule has 0 heterocycles. The van der Waals surface area contributed by atoms with Crippen molar-refractivity contribution < 1.29 is 5.11 Å². The second kappa shape index (κ2) is 5.16. The van der Waals surface area contributed by atoms with Gasteiger partial charge in [-0.3, -0.25) is 0 Å². The first-order chi connectivity index (χ1) is 9.40. The van der Waals surface area contributed by atoms with Gasteiger partial charge in [0.1, 0.15) is 0 Å².